The number of rotatable bonds is 2. The number of hydrogen-bond acceptors (Lipinski definition) is 2. The number of benzene rings is 2. The van der Waals surface area contributed by atoms with Crippen molar-refractivity contribution in [3.63, 3.8) is 0 Å². The fraction of sp³-hybridized carbons (Fsp3) is 0.0714. The molecule has 2 aromatic rings. The van der Waals surface area contributed by atoms with Gasteiger partial charge in [0, 0.05) is 8.04 Å². The van der Waals surface area contributed by atoms with Gasteiger partial charge in [0.2, 0.25) is 0 Å². The summed E-state index contributed by atoms with van der Waals surface area (Å²) in [6.07, 6.45) is 0. The Morgan fingerprint density at radius 3 is 2.67 bits per heavy atom. The average Bonchev–Trinajstić information content (AvgIpc) is 2.34. The van der Waals surface area contributed by atoms with Gasteiger partial charge in [0.15, 0.2) is 0 Å². The van der Waals surface area contributed by atoms with Crippen LogP contribution in [0.4, 0.5) is 11.4 Å². The maximum absolute atomic E-state index is 9.11. The molecule has 0 radical (unpaired) electrons. The summed E-state index contributed by atoms with van der Waals surface area (Å²) in [6.45, 7) is 2.01. The van der Waals surface area contributed by atoms with Gasteiger partial charge in [-0.15, -0.1) is 0 Å². The maximum Gasteiger partial charge on any atom is 0.101 e. The molecule has 0 spiro atoms. The molecule has 2 rings (SSSR count). The van der Waals surface area contributed by atoms with E-state index in [0.717, 1.165) is 25.0 Å². The summed E-state index contributed by atoms with van der Waals surface area (Å²) in [5.41, 5.74) is 3.56. The van der Waals surface area contributed by atoms with Crippen molar-refractivity contribution >= 4 is 49.9 Å². The summed E-state index contributed by atoms with van der Waals surface area (Å²) >= 11 is 5.77. The van der Waals surface area contributed by atoms with Crippen molar-refractivity contribution in [2.45, 2.75) is 6.92 Å². The van der Waals surface area contributed by atoms with Crippen LogP contribution in [-0.4, -0.2) is 0 Å². The standard InChI is InChI=1S/C14H10BrIN2/c1-9-2-3-10(8-17)13(6-9)18-14-7-11(16)4-5-12(14)15/h2-7,18H,1H3. The molecule has 18 heavy (non-hydrogen) atoms. The van der Waals surface area contributed by atoms with Gasteiger partial charge in [-0.25, -0.2) is 0 Å². The van der Waals surface area contributed by atoms with Crippen molar-refractivity contribution in [1.82, 2.24) is 0 Å². The van der Waals surface area contributed by atoms with Crippen LogP contribution >= 0.6 is 38.5 Å². The van der Waals surface area contributed by atoms with E-state index >= 15 is 0 Å². The fourth-order valence-corrected chi connectivity index (χ4v) is 2.43. The van der Waals surface area contributed by atoms with Gasteiger partial charge >= 0.3 is 0 Å². The minimum atomic E-state index is 0.645. The van der Waals surface area contributed by atoms with Crippen LogP contribution in [0.5, 0.6) is 0 Å². The zero-order chi connectivity index (χ0) is 13.1. The fourth-order valence-electron chi connectivity index (χ4n) is 1.60. The molecule has 1 N–H and O–H groups in total. The first-order valence-corrected chi connectivity index (χ1v) is 7.20. The van der Waals surface area contributed by atoms with E-state index in [1.54, 1.807) is 0 Å². The minimum absolute atomic E-state index is 0.645. The van der Waals surface area contributed by atoms with Crippen molar-refractivity contribution in [2.75, 3.05) is 5.32 Å². The summed E-state index contributed by atoms with van der Waals surface area (Å²) in [6, 6.07) is 14.0. The van der Waals surface area contributed by atoms with Gasteiger partial charge in [0.1, 0.15) is 6.07 Å². The van der Waals surface area contributed by atoms with E-state index in [9.17, 15) is 0 Å². The predicted octanol–water partition coefficient (Wildman–Crippen LogP) is 4.98. The van der Waals surface area contributed by atoms with Gasteiger partial charge in [-0.05, 0) is 81.3 Å². The molecule has 0 bridgehead atoms. The topological polar surface area (TPSA) is 35.8 Å². The second-order valence-electron chi connectivity index (χ2n) is 3.91. The molecule has 0 aliphatic rings. The first-order chi connectivity index (χ1) is 8.60. The Morgan fingerprint density at radius 2 is 1.94 bits per heavy atom. The second-order valence-corrected chi connectivity index (χ2v) is 6.01. The Balaban J connectivity index is 2.43. The molecule has 2 nitrogen and oxygen atoms in total. The number of aryl methyl sites for hydroxylation is 1. The Hall–Kier alpha value is -1.06. The Kier molecular flexibility index (Phi) is 4.25. The lowest BCUT2D eigenvalue weighted by Crippen LogP contribution is -1.95. The van der Waals surface area contributed by atoms with Crippen LogP contribution in [0.15, 0.2) is 40.9 Å². The molecule has 0 atom stereocenters. The van der Waals surface area contributed by atoms with Crippen LogP contribution in [0.3, 0.4) is 0 Å². The Morgan fingerprint density at radius 1 is 1.17 bits per heavy atom. The normalized spacial score (nSPS) is 9.89. The Labute approximate surface area is 128 Å². The van der Waals surface area contributed by atoms with Crippen molar-refractivity contribution in [2.24, 2.45) is 0 Å². The third kappa shape index (κ3) is 3.03. The summed E-state index contributed by atoms with van der Waals surface area (Å²) in [4.78, 5) is 0. The van der Waals surface area contributed by atoms with Crippen LogP contribution in [0.1, 0.15) is 11.1 Å². The Bertz CT molecular complexity index is 632. The van der Waals surface area contributed by atoms with E-state index in [-0.39, 0.29) is 0 Å². The lowest BCUT2D eigenvalue weighted by molar-refractivity contribution is 1.40. The number of nitriles is 1. The van der Waals surface area contributed by atoms with Crippen LogP contribution in [0.2, 0.25) is 0 Å². The lowest BCUT2D eigenvalue weighted by atomic mass is 10.1. The molecule has 0 saturated heterocycles. The third-order valence-electron chi connectivity index (χ3n) is 2.49. The highest BCUT2D eigenvalue weighted by Gasteiger charge is 2.05. The molecular weight excluding hydrogens is 403 g/mol. The molecule has 0 heterocycles. The van der Waals surface area contributed by atoms with Gasteiger partial charge in [-0.2, -0.15) is 5.26 Å². The van der Waals surface area contributed by atoms with E-state index in [1.807, 2.05) is 43.3 Å². The van der Waals surface area contributed by atoms with Crippen LogP contribution in [0, 0.1) is 21.8 Å². The minimum Gasteiger partial charge on any atom is -0.353 e. The van der Waals surface area contributed by atoms with Gasteiger partial charge < -0.3 is 5.32 Å². The lowest BCUT2D eigenvalue weighted by Gasteiger charge is -2.11. The van der Waals surface area contributed by atoms with Gasteiger partial charge in [0.25, 0.3) is 0 Å². The molecule has 0 amide bonds. The van der Waals surface area contributed by atoms with Crippen molar-refractivity contribution in [3.8, 4) is 6.07 Å². The quantitative estimate of drug-likeness (QED) is 0.706. The van der Waals surface area contributed by atoms with E-state index < -0.39 is 0 Å². The summed E-state index contributed by atoms with van der Waals surface area (Å²) in [5.74, 6) is 0. The molecule has 0 aromatic heterocycles. The predicted molar refractivity (Wildman–Crippen MR) is 86.0 cm³/mol. The highest BCUT2D eigenvalue weighted by atomic mass is 127. The molecular formula is C14H10BrIN2. The number of hydrogen-bond donors (Lipinski definition) is 1. The highest BCUT2D eigenvalue weighted by molar-refractivity contribution is 14.1. The van der Waals surface area contributed by atoms with E-state index in [2.05, 4.69) is 49.9 Å². The van der Waals surface area contributed by atoms with Crippen LogP contribution in [0.25, 0.3) is 0 Å². The molecule has 0 aliphatic carbocycles. The van der Waals surface area contributed by atoms with Crippen LogP contribution < -0.4 is 5.32 Å². The molecule has 2 aromatic carbocycles. The van der Waals surface area contributed by atoms with Crippen molar-refractivity contribution in [1.29, 1.82) is 5.26 Å². The molecule has 0 fully saturated rings. The van der Waals surface area contributed by atoms with Gasteiger partial charge in [-0.1, -0.05) is 6.07 Å². The smallest absolute Gasteiger partial charge is 0.101 e. The van der Waals surface area contributed by atoms with E-state index in [0.29, 0.717) is 5.56 Å². The SMILES string of the molecule is Cc1ccc(C#N)c(Nc2cc(I)ccc2Br)c1. The van der Waals surface area contributed by atoms with Gasteiger partial charge in [-0.3, -0.25) is 0 Å². The maximum atomic E-state index is 9.11. The number of nitrogens with zero attached hydrogens (tertiary/aromatic N) is 1. The molecule has 0 saturated carbocycles. The molecule has 0 aliphatic heterocycles. The molecule has 90 valence electrons. The third-order valence-corrected chi connectivity index (χ3v) is 3.86. The number of halogens is 2. The zero-order valence-corrected chi connectivity index (χ0v) is 13.4. The van der Waals surface area contributed by atoms with Gasteiger partial charge in [0.05, 0.1) is 16.9 Å². The monoisotopic (exact) mass is 412 g/mol. The van der Waals surface area contributed by atoms with E-state index in [4.69, 9.17) is 5.26 Å². The highest BCUT2D eigenvalue weighted by Crippen LogP contribution is 2.29. The number of anilines is 2. The summed E-state index contributed by atoms with van der Waals surface area (Å²) in [5, 5.41) is 12.4. The van der Waals surface area contributed by atoms with Crippen LogP contribution in [-0.2, 0) is 0 Å². The van der Waals surface area contributed by atoms with Crippen molar-refractivity contribution < 1.29 is 0 Å². The molecule has 4 heteroatoms. The second kappa shape index (κ2) is 5.72. The summed E-state index contributed by atoms with van der Waals surface area (Å²) < 4.78 is 2.12. The zero-order valence-electron chi connectivity index (χ0n) is 9.67. The largest absolute Gasteiger partial charge is 0.353 e. The van der Waals surface area contributed by atoms with Crippen molar-refractivity contribution in [3.05, 3.63) is 55.6 Å². The molecule has 0 unspecified atom stereocenters. The summed E-state index contributed by atoms with van der Waals surface area (Å²) in [7, 11) is 0. The van der Waals surface area contributed by atoms with E-state index in [1.165, 1.54) is 0 Å². The number of nitrogens with one attached hydrogen (secondary N) is 1. The average molecular weight is 413 g/mol. The first kappa shape index (κ1) is 13.4. The first-order valence-electron chi connectivity index (χ1n) is 5.33.